The van der Waals surface area contributed by atoms with E-state index in [1.54, 1.807) is 13.8 Å². The molecular formula is C19H29NO3. The second-order valence-electron chi connectivity index (χ2n) is 6.62. The molecule has 0 amide bonds. The summed E-state index contributed by atoms with van der Waals surface area (Å²) < 4.78 is 0. The maximum Gasteiger partial charge on any atom is 0.138 e. The third-order valence-corrected chi connectivity index (χ3v) is 4.48. The molecule has 1 aromatic carbocycles. The van der Waals surface area contributed by atoms with Crippen LogP contribution in [0.1, 0.15) is 39.2 Å². The van der Waals surface area contributed by atoms with Crippen molar-refractivity contribution in [2.45, 2.75) is 46.6 Å². The van der Waals surface area contributed by atoms with Gasteiger partial charge in [0, 0.05) is 43.5 Å². The summed E-state index contributed by atoms with van der Waals surface area (Å²) >= 11 is 0. The van der Waals surface area contributed by atoms with Crippen LogP contribution < -0.4 is 4.90 Å². The number of aliphatic hydroxyl groups is 1. The molecule has 1 rings (SSSR count). The molecule has 0 fully saturated rings. The first kappa shape index (κ1) is 19.4. The highest BCUT2D eigenvalue weighted by Crippen LogP contribution is 2.19. The van der Waals surface area contributed by atoms with Crippen molar-refractivity contribution < 1.29 is 14.7 Å². The minimum atomic E-state index is -0.391. The second-order valence-corrected chi connectivity index (χ2v) is 6.62. The quantitative estimate of drug-likeness (QED) is 0.760. The van der Waals surface area contributed by atoms with Gasteiger partial charge < -0.3 is 10.0 Å². The zero-order valence-corrected chi connectivity index (χ0v) is 14.9. The Morgan fingerprint density at radius 2 is 1.52 bits per heavy atom. The van der Waals surface area contributed by atoms with Gasteiger partial charge in [-0.1, -0.05) is 31.5 Å². The van der Waals surface area contributed by atoms with Crippen LogP contribution in [0.2, 0.25) is 0 Å². The molecule has 0 spiro atoms. The van der Waals surface area contributed by atoms with Gasteiger partial charge in [0.1, 0.15) is 11.6 Å². The first-order chi connectivity index (χ1) is 10.8. The number of benzene rings is 1. The fraction of sp³-hybridized carbons (Fsp3) is 0.579. The fourth-order valence-corrected chi connectivity index (χ4v) is 2.38. The lowest BCUT2D eigenvalue weighted by molar-refractivity contribution is -0.129. The molecule has 0 bridgehead atoms. The number of anilines is 1. The summed E-state index contributed by atoms with van der Waals surface area (Å²) in [6.45, 7) is 7.38. The molecule has 0 heterocycles. The van der Waals surface area contributed by atoms with E-state index in [0.717, 1.165) is 5.69 Å². The largest absolute Gasteiger partial charge is 0.396 e. The molecular weight excluding hydrogens is 290 g/mol. The number of hydrogen-bond acceptors (Lipinski definition) is 4. The molecule has 0 aromatic heterocycles. The third kappa shape index (κ3) is 5.79. The Morgan fingerprint density at radius 3 is 2.04 bits per heavy atom. The molecule has 3 unspecified atom stereocenters. The Hall–Kier alpha value is -1.68. The predicted octanol–water partition coefficient (Wildman–Crippen LogP) is 3.00. The summed E-state index contributed by atoms with van der Waals surface area (Å²) in [6.07, 6.45) is 0.619. The van der Waals surface area contributed by atoms with Gasteiger partial charge in [0.2, 0.25) is 0 Å². The lowest BCUT2D eigenvalue weighted by atomic mass is 9.91. The lowest BCUT2D eigenvalue weighted by Crippen LogP contribution is -2.33. The van der Waals surface area contributed by atoms with E-state index >= 15 is 0 Å². The number of aryl methyl sites for hydroxylation is 1. The van der Waals surface area contributed by atoms with E-state index in [-0.39, 0.29) is 36.6 Å². The Morgan fingerprint density at radius 1 is 1.00 bits per heavy atom. The third-order valence-electron chi connectivity index (χ3n) is 4.48. The van der Waals surface area contributed by atoms with Crippen molar-refractivity contribution in [3.05, 3.63) is 29.8 Å². The average molecular weight is 319 g/mol. The van der Waals surface area contributed by atoms with Crippen molar-refractivity contribution in [3.63, 3.8) is 0 Å². The number of carbonyl (C=O) groups excluding carboxylic acids is 2. The Labute approximate surface area is 139 Å². The monoisotopic (exact) mass is 319 g/mol. The van der Waals surface area contributed by atoms with Crippen LogP contribution in [-0.2, 0) is 9.59 Å². The molecule has 4 heteroatoms. The number of nitrogens with zero attached hydrogens (tertiary/aromatic N) is 1. The van der Waals surface area contributed by atoms with Crippen molar-refractivity contribution in [2.75, 3.05) is 18.6 Å². The van der Waals surface area contributed by atoms with Crippen molar-refractivity contribution in [2.24, 2.45) is 11.8 Å². The number of rotatable bonds is 9. The number of hydrogen-bond donors (Lipinski definition) is 1. The SMILES string of the molecule is Cc1ccc(N(C)C(C)CC(=O)C(C)CC(=O)C(C)CO)cc1. The lowest BCUT2D eigenvalue weighted by Gasteiger charge is -2.27. The van der Waals surface area contributed by atoms with Crippen LogP contribution in [0.25, 0.3) is 0 Å². The van der Waals surface area contributed by atoms with Crippen LogP contribution in [0.4, 0.5) is 5.69 Å². The first-order valence-corrected chi connectivity index (χ1v) is 8.22. The Balaban J connectivity index is 2.58. The van der Waals surface area contributed by atoms with E-state index < -0.39 is 5.92 Å². The van der Waals surface area contributed by atoms with Crippen molar-refractivity contribution in [3.8, 4) is 0 Å². The molecule has 3 atom stereocenters. The zero-order valence-electron chi connectivity index (χ0n) is 14.9. The van der Waals surface area contributed by atoms with Crippen LogP contribution in [0.15, 0.2) is 24.3 Å². The van der Waals surface area contributed by atoms with Crippen LogP contribution >= 0.6 is 0 Å². The summed E-state index contributed by atoms with van der Waals surface area (Å²) in [4.78, 5) is 26.3. The minimum Gasteiger partial charge on any atom is -0.396 e. The molecule has 4 nitrogen and oxygen atoms in total. The predicted molar refractivity (Wildman–Crippen MR) is 93.7 cm³/mol. The second kappa shape index (κ2) is 8.82. The number of aliphatic hydroxyl groups excluding tert-OH is 1. The van der Waals surface area contributed by atoms with Crippen molar-refractivity contribution in [1.82, 2.24) is 0 Å². The molecule has 23 heavy (non-hydrogen) atoms. The van der Waals surface area contributed by atoms with Gasteiger partial charge in [-0.05, 0) is 26.0 Å². The van der Waals surface area contributed by atoms with E-state index in [4.69, 9.17) is 5.11 Å². The summed E-state index contributed by atoms with van der Waals surface area (Å²) in [7, 11) is 1.98. The van der Waals surface area contributed by atoms with E-state index in [9.17, 15) is 9.59 Å². The zero-order chi connectivity index (χ0) is 17.6. The van der Waals surface area contributed by atoms with Crippen LogP contribution in [0, 0.1) is 18.8 Å². The number of carbonyl (C=O) groups is 2. The Kier molecular flexibility index (Phi) is 7.43. The van der Waals surface area contributed by atoms with Gasteiger partial charge in [-0.25, -0.2) is 0 Å². The molecule has 0 aliphatic carbocycles. The van der Waals surface area contributed by atoms with Crippen LogP contribution in [-0.4, -0.2) is 36.4 Å². The average Bonchev–Trinajstić information content (AvgIpc) is 2.53. The fourth-order valence-electron chi connectivity index (χ4n) is 2.38. The van der Waals surface area contributed by atoms with Gasteiger partial charge in [0.05, 0.1) is 6.61 Å². The number of Topliss-reactive ketones (excluding diaryl/α,β-unsaturated/α-hetero) is 2. The van der Waals surface area contributed by atoms with Gasteiger partial charge in [-0.3, -0.25) is 9.59 Å². The van der Waals surface area contributed by atoms with Gasteiger partial charge in [-0.15, -0.1) is 0 Å². The molecule has 0 aliphatic heterocycles. The highest BCUT2D eigenvalue weighted by atomic mass is 16.3. The normalized spacial score (nSPS) is 14.9. The molecule has 0 saturated heterocycles. The standard InChI is InChI=1S/C19H29NO3/c1-13-6-8-17(9-7-13)20(5)16(4)11-19(23)14(2)10-18(22)15(3)12-21/h6-9,14-16,21H,10-12H2,1-5H3. The summed E-state index contributed by atoms with van der Waals surface area (Å²) in [5, 5.41) is 9.01. The van der Waals surface area contributed by atoms with Crippen molar-refractivity contribution in [1.29, 1.82) is 0 Å². The smallest absolute Gasteiger partial charge is 0.138 e. The van der Waals surface area contributed by atoms with Gasteiger partial charge >= 0.3 is 0 Å². The van der Waals surface area contributed by atoms with Crippen LogP contribution in [0.5, 0.6) is 0 Å². The van der Waals surface area contributed by atoms with Crippen LogP contribution in [0.3, 0.4) is 0 Å². The Bertz CT molecular complexity index is 524. The molecule has 128 valence electrons. The highest BCUT2D eigenvalue weighted by Gasteiger charge is 2.23. The summed E-state index contributed by atoms with van der Waals surface area (Å²) in [5.41, 5.74) is 2.28. The molecule has 0 aliphatic rings. The first-order valence-electron chi connectivity index (χ1n) is 8.22. The van der Waals surface area contributed by atoms with Gasteiger partial charge in [0.15, 0.2) is 0 Å². The molecule has 0 saturated carbocycles. The van der Waals surface area contributed by atoms with Gasteiger partial charge in [0.25, 0.3) is 0 Å². The number of ketones is 2. The molecule has 1 aromatic rings. The van der Waals surface area contributed by atoms with E-state index in [0.29, 0.717) is 6.42 Å². The maximum atomic E-state index is 12.3. The van der Waals surface area contributed by atoms with E-state index in [1.165, 1.54) is 5.56 Å². The summed E-state index contributed by atoms with van der Waals surface area (Å²) in [5.74, 6) is -0.647. The highest BCUT2D eigenvalue weighted by molar-refractivity contribution is 5.89. The molecule has 1 N–H and O–H groups in total. The van der Waals surface area contributed by atoms with Gasteiger partial charge in [-0.2, -0.15) is 0 Å². The molecule has 0 radical (unpaired) electrons. The maximum absolute atomic E-state index is 12.3. The topological polar surface area (TPSA) is 57.6 Å². The van der Waals surface area contributed by atoms with Crippen molar-refractivity contribution >= 4 is 17.3 Å². The van der Waals surface area contributed by atoms with E-state index in [1.807, 2.05) is 33.0 Å². The summed E-state index contributed by atoms with van der Waals surface area (Å²) in [6, 6.07) is 8.27. The van der Waals surface area contributed by atoms with E-state index in [2.05, 4.69) is 17.0 Å². The minimum absolute atomic E-state index is 0.0482.